The number of hydrogen-bond acceptors (Lipinski definition) is 3. The Morgan fingerprint density at radius 2 is 2.16 bits per heavy atom. The second-order valence-corrected chi connectivity index (χ2v) is 4.30. The number of aryl methyl sites for hydroxylation is 1. The maximum absolute atomic E-state index is 13.2. The lowest BCUT2D eigenvalue weighted by Crippen LogP contribution is -1.96. The summed E-state index contributed by atoms with van der Waals surface area (Å²) >= 11 is 0. The fraction of sp³-hybridized carbons (Fsp3) is 0.0714. The lowest BCUT2D eigenvalue weighted by atomic mass is 10.2. The predicted octanol–water partition coefficient (Wildman–Crippen LogP) is 3.16. The minimum Gasteiger partial charge on any atom is -0.455 e. The van der Waals surface area contributed by atoms with Crippen LogP contribution in [0.4, 0.5) is 10.1 Å². The highest BCUT2D eigenvalue weighted by Gasteiger charge is 2.07. The normalized spacial score (nSPS) is 10.8. The molecule has 2 heterocycles. The molecule has 19 heavy (non-hydrogen) atoms. The number of nitrogens with two attached hydrogens (primary N) is 1. The van der Waals surface area contributed by atoms with Crippen LogP contribution in [0.25, 0.3) is 5.65 Å². The first-order valence-electron chi connectivity index (χ1n) is 5.80. The Morgan fingerprint density at radius 1 is 1.32 bits per heavy atom. The molecule has 2 N–H and O–H groups in total. The van der Waals surface area contributed by atoms with Gasteiger partial charge in [-0.15, -0.1) is 0 Å². The zero-order chi connectivity index (χ0) is 13.4. The fourth-order valence-electron chi connectivity index (χ4n) is 1.90. The molecule has 0 saturated heterocycles. The van der Waals surface area contributed by atoms with Crippen LogP contribution in [0.5, 0.6) is 11.5 Å². The van der Waals surface area contributed by atoms with Crippen LogP contribution in [-0.4, -0.2) is 9.38 Å². The van der Waals surface area contributed by atoms with Gasteiger partial charge in [-0.2, -0.15) is 0 Å². The quantitative estimate of drug-likeness (QED) is 0.767. The molecular formula is C14H12FN3O. The topological polar surface area (TPSA) is 52.5 Å². The lowest BCUT2D eigenvalue weighted by Gasteiger charge is -2.10. The Morgan fingerprint density at radius 3 is 3.00 bits per heavy atom. The number of nitrogens with zero attached hydrogens (tertiary/aromatic N) is 2. The van der Waals surface area contributed by atoms with Crippen molar-refractivity contribution >= 4 is 11.3 Å². The van der Waals surface area contributed by atoms with Gasteiger partial charge in [0.15, 0.2) is 5.65 Å². The molecule has 3 rings (SSSR count). The van der Waals surface area contributed by atoms with Gasteiger partial charge in [0, 0.05) is 24.5 Å². The van der Waals surface area contributed by atoms with Gasteiger partial charge in [0.25, 0.3) is 0 Å². The van der Waals surface area contributed by atoms with Crippen molar-refractivity contribution in [3.63, 3.8) is 0 Å². The molecule has 1 aromatic carbocycles. The monoisotopic (exact) mass is 257 g/mol. The molecule has 0 radical (unpaired) electrons. The molecule has 4 nitrogen and oxygen atoms in total. The summed E-state index contributed by atoms with van der Waals surface area (Å²) in [5, 5.41) is 0. The predicted molar refractivity (Wildman–Crippen MR) is 70.8 cm³/mol. The van der Waals surface area contributed by atoms with Crippen molar-refractivity contribution in [2.45, 2.75) is 6.92 Å². The number of rotatable bonds is 2. The molecule has 3 aromatic rings. The molecular weight excluding hydrogens is 245 g/mol. The molecule has 0 bridgehead atoms. The van der Waals surface area contributed by atoms with Gasteiger partial charge < -0.3 is 14.9 Å². The number of anilines is 1. The minimum atomic E-state index is -0.336. The Labute approximate surface area is 109 Å². The van der Waals surface area contributed by atoms with Gasteiger partial charge in [0.1, 0.15) is 17.3 Å². The zero-order valence-electron chi connectivity index (χ0n) is 10.3. The molecule has 0 saturated carbocycles. The van der Waals surface area contributed by atoms with E-state index in [1.54, 1.807) is 35.1 Å². The fourth-order valence-corrected chi connectivity index (χ4v) is 1.90. The Kier molecular flexibility index (Phi) is 2.59. The van der Waals surface area contributed by atoms with E-state index in [2.05, 4.69) is 4.98 Å². The van der Waals surface area contributed by atoms with Crippen LogP contribution in [-0.2, 0) is 0 Å². The van der Waals surface area contributed by atoms with Gasteiger partial charge >= 0.3 is 0 Å². The van der Waals surface area contributed by atoms with E-state index in [-0.39, 0.29) is 5.82 Å². The molecule has 0 atom stereocenters. The molecule has 0 aliphatic rings. The van der Waals surface area contributed by atoms with Crippen LogP contribution in [0.15, 0.2) is 42.9 Å². The smallest absolute Gasteiger partial charge is 0.160 e. The number of benzene rings is 1. The van der Waals surface area contributed by atoms with Crippen molar-refractivity contribution in [3.05, 3.63) is 54.2 Å². The molecule has 2 aromatic heterocycles. The van der Waals surface area contributed by atoms with E-state index in [0.29, 0.717) is 22.8 Å². The molecule has 5 heteroatoms. The highest BCUT2D eigenvalue weighted by Crippen LogP contribution is 2.28. The third-order valence-corrected chi connectivity index (χ3v) is 2.87. The number of imidazole rings is 1. The van der Waals surface area contributed by atoms with Crippen LogP contribution in [0.1, 0.15) is 5.56 Å². The average Bonchev–Trinajstić information content (AvgIpc) is 2.82. The van der Waals surface area contributed by atoms with E-state index >= 15 is 0 Å². The Balaban J connectivity index is 2.03. The number of hydrogen-bond donors (Lipinski definition) is 1. The summed E-state index contributed by atoms with van der Waals surface area (Å²) in [5.74, 6) is 0.674. The van der Waals surface area contributed by atoms with Gasteiger partial charge in [-0.3, -0.25) is 0 Å². The maximum atomic E-state index is 13.2. The largest absolute Gasteiger partial charge is 0.455 e. The Bertz CT molecular complexity index is 752. The van der Waals surface area contributed by atoms with Gasteiger partial charge in [-0.05, 0) is 18.6 Å². The highest BCUT2D eigenvalue weighted by molar-refractivity contribution is 5.66. The summed E-state index contributed by atoms with van der Waals surface area (Å²) in [7, 11) is 0. The zero-order valence-corrected chi connectivity index (χ0v) is 10.3. The van der Waals surface area contributed by atoms with Crippen molar-refractivity contribution in [1.82, 2.24) is 9.38 Å². The van der Waals surface area contributed by atoms with Crippen molar-refractivity contribution in [1.29, 1.82) is 0 Å². The number of ether oxygens (including phenoxy) is 1. The van der Waals surface area contributed by atoms with Crippen LogP contribution < -0.4 is 10.5 Å². The van der Waals surface area contributed by atoms with Gasteiger partial charge in [-0.25, -0.2) is 9.37 Å². The number of pyridine rings is 1. The number of fused-ring (bicyclic) bond motifs is 1. The highest BCUT2D eigenvalue weighted by atomic mass is 19.1. The standard InChI is InChI=1S/C14H12FN3O/c1-9-2-3-10(15)6-13(9)19-11-7-12(16)14-17-4-5-18(14)8-11/h2-8H,16H2,1H3. The van der Waals surface area contributed by atoms with Crippen LogP contribution in [0, 0.1) is 12.7 Å². The summed E-state index contributed by atoms with van der Waals surface area (Å²) in [5.41, 5.74) is 7.92. The van der Waals surface area contributed by atoms with Crippen molar-refractivity contribution in [3.8, 4) is 11.5 Å². The van der Waals surface area contributed by atoms with E-state index in [4.69, 9.17) is 10.5 Å². The van der Waals surface area contributed by atoms with Gasteiger partial charge in [0.05, 0.1) is 11.9 Å². The first-order chi connectivity index (χ1) is 9.13. The van der Waals surface area contributed by atoms with Crippen LogP contribution in [0.2, 0.25) is 0 Å². The first kappa shape index (κ1) is 11.5. The first-order valence-corrected chi connectivity index (χ1v) is 5.80. The average molecular weight is 257 g/mol. The SMILES string of the molecule is Cc1ccc(F)cc1Oc1cc(N)c2nccn2c1. The van der Waals surface area contributed by atoms with Crippen LogP contribution >= 0.6 is 0 Å². The van der Waals surface area contributed by atoms with E-state index in [1.807, 2.05) is 6.92 Å². The van der Waals surface area contributed by atoms with Gasteiger partial charge in [0.2, 0.25) is 0 Å². The molecule has 0 aliphatic carbocycles. The van der Waals surface area contributed by atoms with Crippen molar-refractivity contribution < 1.29 is 9.13 Å². The third-order valence-electron chi connectivity index (χ3n) is 2.87. The number of halogens is 1. The lowest BCUT2D eigenvalue weighted by molar-refractivity contribution is 0.470. The summed E-state index contributed by atoms with van der Waals surface area (Å²) < 4.78 is 20.7. The summed E-state index contributed by atoms with van der Waals surface area (Å²) in [4.78, 5) is 4.12. The van der Waals surface area contributed by atoms with Crippen molar-refractivity contribution in [2.24, 2.45) is 0 Å². The number of aromatic nitrogens is 2. The third kappa shape index (κ3) is 2.10. The van der Waals surface area contributed by atoms with Crippen molar-refractivity contribution in [2.75, 3.05) is 5.73 Å². The molecule has 96 valence electrons. The summed E-state index contributed by atoms with van der Waals surface area (Å²) in [6.45, 7) is 1.86. The van der Waals surface area contributed by atoms with E-state index < -0.39 is 0 Å². The van der Waals surface area contributed by atoms with Crippen LogP contribution in [0.3, 0.4) is 0 Å². The second-order valence-electron chi connectivity index (χ2n) is 4.30. The maximum Gasteiger partial charge on any atom is 0.160 e. The minimum absolute atomic E-state index is 0.336. The summed E-state index contributed by atoms with van der Waals surface area (Å²) in [6.07, 6.45) is 5.18. The molecule has 0 amide bonds. The number of nitrogen functional groups attached to an aromatic ring is 1. The summed E-state index contributed by atoms with van der Waals surface area (Å²) in [6, 6.07) is 6.09. The van der Waals surface area contributed by atoms with Gasteiger partial charge in [-0.1, -0.05) is 6.07 Å². The molecule has 0 aliphatic heterocycles. The Hall–Kier alpha value is -2.56. The molecule has 0 unspecified atom stereocenters. The van der Waals surface area contributed by atoms with E-state index in [9.17, 15) is 4.39 Å². The molecule has 0 fully saturated rings. The van der Waals surface area contributed by atoms with E-state index in [1.165, 1.54) is 12.1 Å². The second kappa shape index (κ2) is 4.28. The van der Waals surface area contributed by atoms with E-state index in [0.717, 1.165) is 5.56 Å². The molecule has 0 spiro atoms.